The van der Waals surface area contributed by atoms with Gasteiger partial charge >= 0.3 is 0 Å². The molecule has 29 heavy (non-hydrogen) atoms. The van der Waals surface area contributed by atoms with Crippen LogP contribution in [0.25, 0.3) is 0 Å². The summed E-state index contributed by atoms with van der Waals surface area (Å²) in [5.41, 5.74) is 1.05. The number of sulfone groups is 1. The fraction of sp³-hybridized carbons (Fsp3) is 0.650. The van der Waals surface area contributed by atoms with E-state index in [-0.39, 0.29) is 11.8 Å². The van der Waals surface area contributed by atoms with Crippen LogP contribution < -0.4 is 25.0 Å². The molecule has 0 aliphatic carbocycles. The third-order valence-corrected chi connectivity index (χ3v) is 7.66. The molecule has 0 bridgehead atoms. The first-order valence-electron chi connectivity index (χ1n) is 9.77. The predicted molar refractivity (Wildman–Crippen MR) is 118 cm³/mol. The Morgan fingerprint density at radius 1 is 1.21 bits per heavy atom. The van der Waals surface area contributed by atoms with E-state index in [1.165, 1.54) is 0 Å². The zero-order valence-corrected chi connectivity index (χ0v) is 19.1. The molecule has 8 nitrogen and oxygen atoms in total. The highest BCUT2D eigenvalue weighted by atomic mass is 32.2. The van der Waals surface area contributed by atoms with Crippen molar-refractivity contribution in [2.45, 2.75) is 38.0 Å². The van der Waals surface area contributed by atoms with Gasteiger partial charge in [0.05, 0.1) is 24.7 Å². The summed E-state index contributed by atoms with van der Waals surface area (Å²) < 4.78 is 34.5. The lowest BCUT2D eigenvalue weighted by atomic mass is 10.2. The first-order chi connectivity index (χ1) is 13.6. The molecule has 1 aromatic rings. The number of ether oxygens (including phenoxy) is 2. The quantitative estimate of drug-likeness (QED) is 0.506. The van der Waals surface area contributed by atoms with Crippen molar-refractivity contribution in [1.29, 1.82) is 0 Å². The van der Waals surface area contributed by atoms with E-state index in [2.05, 4.69) is 20.5 Å². The average Bonchev–Trinajstić information content (AvgIpc) is 3.14. The molecule has 0 aromatic heterocycles. The molecule has 1 aromatic carbocycles. The molecule has 1 aliphatic heterocycles. The van der Waals surface area contributed by atoms with Crippen molar-refractivity contribution in [3.05, 3.63) is 18.2 Å². The number of nitrogens with zero attached hydrogens (tertiary/aromatic N) is 2. The second-order valence-corrected chi connectivity index (χ2v) is 10.9. The Morgan fingerprint density at radius 2 is 1.83 bits per heavy atom. The van der Waals surface area contributed by atoms with E-state index in [9.17, 15) is 8.42 Å². The summed E-state index contributed by atoms with van der Waals surface area (Å²) in [5.74, 6) is 2.20. The second kappa shape index (κ2) is 9.56. The van der Waals surface area contributed by atoms with Gasteiger partial charge in [-0.05, 0) is 27.2 Å². The molecule has 2 rings (SSSR count). The molecule has 0 amide bonds. The topological polar surface area (TPSA) is 92.3 Å². The third-order valence-electron chi connectivity index (χ3n) is 5.05. The Bertz CT molecular complexity index is 796. The van der Waals surface area contributed by atoms with Gasteiger partial charge in [0.25, 0.3) is 0 Å². The zero-order chi connectivity index (χ0) is 21.7. The monoisotopic (exact) mass is 426 g/mol. The number of nitrogens with one attached hydrogen (secondary N) is 2. The number of rotatable bonds is 7. The van der Waals surface area contributed by atoms with Gasteiger partial charge < -0.3 is 25.0 Å². The Labute approximate surface area is 174 Å². The first-order valence-corrected chi connectivity index (χ1v) is 11.4. The number of benzene rings is 1. The highest BCUT2D eigenvalue weighted by molar-refractivity contribution is 7.92. The van der Waals surface area contributed by atoms with Gasteiger partial charge in [-0.1, -0.05) is 0 Å². The minimum atomic E-state index is -3.16. The van der Waals surface area contributed by atoms with Gasteiger partial charge in [-0.25, -0.2) is 8.42 Å². The van der Waals surface area contributed by atoms with E-state index in [0.29, 0.717) is 12.5 Å². The van der Waals surface area contributed by atoms with Gasteiger partial charge in [0.1, 0.15) is 11.5 Å². The van der Waals surface area contributed by atoms with E-state index in [0.717, 1.165) is 36.7 Å². The van der Waals surface area contributed by atoms with Crippen LogP contribution in [0.4, 0.5) is 5.69 Å². The van der Waals surface area contributed by atoms with Crippen LogP contribution in [0.15, 0.2) is 23.2 Å². The molecule has 1 atom stereocenters. The van der Waals surface area contributed by atoms with Crippen molar-refractivity contribution in [2.75, 3.05) is 51.6 Å². The van der Waals surface area contributed by atoms with Gasteiger partial charge in [-0.2, -0.15) is 0 Å². The fourth-order valence-electron chi connectivity index (χ4n) is 3.09. The summed E-state index contributed by atoms with van der Waals surface area (Å²) >= 11 is 0. The first kappa shape index (κ1) is 23.1. The minimum Gasteiger partial charge on any atom is -0.497 e. The van der Waals surface area contributed by atoms with Crippen molar-refractivity contribution in [2.24, 2.45) is 4.99 Å². The standard InChI is InChI=1S/C20H34N4O4S/c1-20(2,3)29(25,26)10-8-22-19(21-4)23-15-7-9-24(14-15)16-11-17(27-5)13-18(12-16)28-6/h11-13,15H,7-10,14H2,1-6H3,(H2,21,22,23). The van der Waals surface area contributed by atoms with Crippen LogP contribution in [-0.2, 0) is 9.84 Å². The molecular weight excluding hydrogens is 392 g/mol. The van der Waals surface area contributed by atoms with E-state index in [1.807, 2.05) is 18.2 Å². The fourth-order valence-corrected chi connectivity index (χ4v) is 4.07. The predicted octanol–water partition coefficient (Wildman–Crippen LogP) is 1.66. The maximum atomic E-state index is 12.2. The highest BCUT2D eigenvalue weighted by Gasteiger charge is 2.28. The van der Waals surface area contributed by atoms with Crippen LogP contribution in [0.5, 0.6) is 11.5 Å². The van der Waals surface area contributed by atoms with Crippen LogP contribution in [0.1, 0.15) is 27.2 Å². The van der Waals surface area contributed by atoms with Crippen LogP contribution in [-0.4, -0.2) is 71.8 Å². The molecule has 1 heterocycles. The van der Waals surface area contributed by atoms with E-state index < -0.39 is 14.6 Å². The van der Waals surface area contributed by atoms with Crippen molar-refractivity contribution in [3.8, 4) is 11.5 Å². The Kier molecular flexibility index (Phi) is 7.62. The zero-order valence-electron chi connectivity index (χ0n) is 18.3. The SMILES string of the molecule is CN=C(NCCS(=O)(=O)C(C)(C)C)NC1CCN(c2cc(OC)cc(OC)c2)C1. The van der Waals surface area contributed by atoms with Crippen molar-refractivity contribution >= 4 is 21.5 Å². The summed E-state index contributed by atoms with van der Waals surface area (Å²) in [6.07, 6.45) is 0.945. The van der Waals surface area contributed by atoms with E-state index in [4.69, 9.17) is 9.47 Å². The highest BCUT2D eigenvalue weighted by Crippen LogP contribution is 2.30. The van der Waals surface area contributed by atoms with Gasteiger partial charge in [-0.15, -0.1) is 0 Å². The molecule has 2 N–H and O–H groups in total. The summed E-state index contributed by atoms with van der Waals surface area (Å²) in [5, 5.41) is 6.50. The summed E-state index contributed by atoms with van der Waals surface area (Å²) in [4.78, 5) is 6.49. The Hall–Kier alpha value is -2.16. The Balaban J connectivity index is 1.91. The number of guanidine groups is 1. The number of hydrogen-bond acceptors (Lipinski definition) is 6. The molecule has 0 spiro atoms. The van der Waals surface area contributed by atoms with Gasteiger partial charge in [-0.3, -0.25) is 4.99 Å². The van der Waals surface area contributed by atoms with Gasteiger partial charge in [0.15, 0.2) is 15.8 Å². The molecular formula is C20H34N4O4S. The van der Waals surface area contributed by atoms with Gasteiger partial charge in [0.2, 0.25) is 0 Å². The minimum absolute atomic E-state index is 0.0671. The molecule has 0 saturated carbocycles. The molecule has 0 radical (unpaired) electrons. The molecule has 1 saturated heterocycles. The smallest absolute Gasteiger partial charge is 0.191 e. The normalized spacial score (nSPS) is 17.9. The Morgan fingerprint density at radius 3 is 2.34 bits per heavy atom. The number of hydrogen-bond donors (Lipinski definition) is 2. The largest absolute Gasteiger partial charge is 0.497 e. The van der Waals surface area contributed by atoms with Crippen LogP contribution in [0, 0.1) is 0 Å². The van der Waals surface area contributed by atoms with E-state index >= 15 is 0 Å². The van der Waals surface area contributed by atoms with Crippen molar-refractivity contribution in [3.63, 3.8) is 0 Å². The molecule has 1 unspecified atom stereocenters. The summed E-state index contributed by atoms with van der Waals surface area (Å²) in [6, 6.07) is 6.05. The summed E-state index contributed by atoms with van der Waals surface area (Å²) in [6.45, 7) is 7.17. The molecule has 1 fully saturated rings. The number of methoxy groups -OCH3 is 2. The van der Waals surface area contributed by atoms with E-state index in [1.54, 1.807) is 42.0 Å². The molecule has 164 valence electrons. The number of aliphatic imine (C=N–C) groups is 1. The summed E-state index contributed by atoms with van der Waals surface area (Å²) in [7, 11) is 1.81. The maximum Gasteiger partial charge on any atom is 0.191 e. The molecule has 9 heteroatoms. The van der Waals surface area contributed by atoms with Crippen LogP contribution in [0.3, 0.4) is 0 Å². The van der Waals surface area contributed by atoms with Crippen molar-refractivity contribution in [1.82, 2.24) is 10.6 Å². The second-order valence-electron chi connectivity index (χ2n) is 8.08. The van der Waals surface area contributed by atoms with Crippen LogP contribution >= 0.6 is 0 Å². The third kappa shape index (κ3) is 6.16. The number of anilines is 1. The average molecular weight is 427 g/mol. The van der Waals surface area contributed by atoms with Crippen molar-refractivity contribution < 1.29 is 17.9 Å². The lowest BCUT2D eigenvalue weighted by molar-refractivity contribution is 0.394. The van der Waals surface area contributed by atoms with Gasteiger partial charge in [0, 0.05) is 56.6 Å². The lowest BCUT2D eigenvalue weighted by Crippen LogP contribution is -2.46. The van der Waals surface area contributed by atoms with Crippen LogP contribution in [0.2, 0.25) is 0 Å². The lowest BCUT2D eigenvalue weighted by Gasteiger charge is -2.22. The molecule has 1 aliphatic rings. The maximum absolute atomic E-state index is 12.2.